The van der Waals surface area contributed by atoms with Crippen molar-refractivity contribution in [3.63, 3.8) is 0 Å². The summed E-state index contributed by atoms with van der Waals surface area (Å²) in [6.07, 6.45) is 2.23. The van der Waals surface area contributed by atoms with Crippen LogP contribution in [0.25, 0.3) is 0 Å². The number of para-hydroxylation sites is 2. The Labute approximate surface area is 104 Å². The molecule has 1 aliphatic rings. The second kappa shape index (κ2) is 5.92. The van der Waals surface area contributed by atoms with Gasteiger partial charge in [0.25, 0.3) is 0 Å². The quantitative estimate of drug-likeness (QED) is 0.849. The van der Waals surface area contributed by atoms with Crippen LogP contribution < -0.4 is 15.4 Å². The molecule has 0 radical (unpaired) electrons. The maximum absolute atomic E-state index is 5.79. The number of rotatable bonds is 5. The zero-order valence-electron chi connectivity index (χ0n) is 10.6. The average Bonchev–Trinajstić information content (AvgIpc) is 2.85. The number of hydrogen-bond donors (Lipinski definition) is 1. The zero-order chi connectivity index (χ0) is 12.1. The van der Waals surface area contributed by atoms with E-state index in [-0.39, 0.29) is 0 Å². The summed E-state index contributed by atoms with van der Waals surface area (Å²) >= 11 is 0. The molecule has 0 spiro atoms. The molecule has 1 saturated heterocycles. The number of anilines is 1. The highest BCUT2D eigenvalue weighted by Crippen LogP contribution is 2.31. The molecule has 0 saturated carbocycles. The van der Waals surface area contributed by atoms with Gasteiger partial charge in [-0.1, -0.05) is 19.1 Å². The lowest BCUT2D eigenvalue weighted by Crippen LogP contribution is -2.23. The van der Waals surface area contributed by atoms with E-state index < -0.39 is 0 Å². The predicted octanol–water partition coefficient (Wildman–Crippen LogP) is 2.26. The van der Waals surface area contributed by atoms with E-state index in [4.69, 9.17) is 10.5 Å². The number of nitrogens with two attached hydrogens (primary N) is 1. The summed E-state index contributed by atoms with van der Waals surface area (Å²) in [5.74, 6) is 1.64. The highest BCUT2D eigenvalue weighted by Gasteiger charge is 2.23. The first-order valence-corrected chi connectivity index (χ1v) is 6.52. The van der Waals surface area contributed by atoms with E-state index in [2.05, 4.69) is 30.0 Å². The van der Waals surface area contributed by atoms with Gasteiger partial charge in [-0.25, -0.2) is 0 Å². The van der Waals surface area contributed by atoms with Gasteiger partial charge in [0, 0.05) is 13.1 Å². The van der Waals surface area contributed by atoms with E-state index in [9.17, 15) is 0 Å². The van der Waals surface area contributed by atoms with Crippen molar-refractivity contribution in [2.75, 3.05) is 31.1 Å². The normalized spacial score (nSPS) is 19.6. The molecule has 3 heteroatoms. The molecular formula is C14H22N2O. The predicted molar refractivity (Wildman–Crippen MR) is 71.6 cm³/mol. The van der Waals surface area contributed by atoms with Gasteiger partial charge in [-0.3, -0.25) is 0 Å². The molecular weight excluding hydrogens is 212 g/mol. The van der Waals surface area contributed by atoms with E-state index in [1.165, 1.54) is 12.1 Å². The first kappa shape index (κ1) is 12.2. The van der Waals surface area contributed by atoms with Crippen molar-refractivity contribution in [2.45, 2.75) is 19.8 Å². The Morgan fingerprint density at radius 1 is 1.41 bits per heavy atom. The highest BCUT2D eigenvalue weighted by molar-refractivity contribution is 5.59. The van der Waals surface area contributed by atoms with Crippen molar-refractivity contribution in [3.05, 3.63) is 24.3 Å². The third-order valence-corrected chi connectivity index (χ3v) is 3.29. The maximum atomic E-state index is 5.79. The molecule has 0 aromatic heterocycles. The Morgan fingerprint density at radius 2 is 2.24 bits per heavy atom. The number of nitrogens with zero attached hydrogens (tertiary/aromatic N) is 1. The molecule has 1 aromatic rings. The molecule has 2 N–H and O–H groups in total. The van der Waals surface area contributed by atoms with Crippen LogP contribution in [-0.2, 0) is 0 Å². The molecule has 1 atom stereocenters. The molecule has 1 aliphatic heterocycles. The first-order chi connectivity index (χ1) is 8.35. The summed E-state index contributed by atoms with van der Waals surface area (Å²) in [5.41, 5.74) is 6.95. The molecule has 2 rings (SSSR count). The van der Waals surface area contributed by atoms with Crippen molar-refractivity contribution in [1.29, 1.82) is 0 Å². The largest absolute Gasteiger partial charge is 0.491 e. The Hall–Kier alpha value is -1.22. The minimum absolute atomic E-state index is 0.634. The van der Waals surface area contributed by atoms with Crippen LogP contribution in [0, 0.1) is 5.92 Å². The summed E-state index contributed by atoms with van der Waals surface area (Å²) in [4.78, 5) is 2.39. The summed E-state index contributed by atoms with van der Waals surface area (Å²) in [7, 11) is 0. The van der Waals surface area contributed by atoms with Crippen molar-refractivity contribution in [2.24, 2.45) is 11.7 Å². The number of hydrogen-bond acceptors (Lipinski definition) is 3. The lowest BCUT2D eigenvalue weighted by Gasteiger charge is -2.21. The molecule has 3 nitrogen and oxygen atoms in total. The topological polar surface area (TPSA) is 38.5 Å². The second-order valence-corrected chi connectivity index (χ2v) is 4.65. The summed E-state index contributed by atoms with van der Waals surface area (Å²) in [6, 6.07) is 8.31. The van der Waals surface area contributed by atoms with Crippen LogP contribution >= 0.6 is 0 Å². The van der Waals surface area contributed by atoms with Crippen LogP contribution in [0.15, 0.2) is 24.3 Å². The summed E-state index contributed by atoms with van der Waals surface area (Å²) in [6.45, 7) is 5.85. The van der Waals surface area contributed by atoms with Crippen molar-refractivity contribution in [3.8, 4) is 5.75 Å². The van der Waals surface area contributed by atoms with Gasteiger partial charge in [0.05, 0.1) is 12.3 Å². The van der Waals surface area contributed by atoms with Crippen LogP contribution in [0.5, 0.6) is 5.75 Å². The Kier molecular flexibility index (Phi) is 4.26. The van der Waals surface area contributed by atoms with Gasteiger partial charge in [0.1, 0.15) is 5.75 Å². The van der Waals surface area contributed by atoms with E-state index >= 15 is 0 Å². The lowest BCUT2D eigenvalue weighted by atomic mass is 10.1. The SMILES string of the molecule is CCCOc1ccccc1N1CCC(CN)C1. The van der Waals surface area contributed by atoms with Crippen LogP contribution in [0.1, 0.15) is 19.8 Å². The third-order valence-electron chi connectivity index (χ3n) is 3.29. The van der Waals surface area contributed by atoms with Gasteiger partial charge < -0.3 is 15.4 Å². The van der Waals surface area contributed by atoms with Gasteiger partial charge in [0.15, 0.2) is 0 Å². The fourth-order valence-electron chi connectivity index (χ4n) is 2.30. The Bertz CT molecular complexity index is 354. The molecule has 94 valence electrons. The first-order valence-electron chi connectivity index (χ1n) is 6.52. The van der Waals surface area contributed by atoms with Gasteiger partial charge in [-0.2, -0.15) is 0 Å². The average molecular weight is 234 g/mol. The molecule has 1 fully saturated rings. The van der Waals surface area contributed by atoms with Crippen LogP contribution in [0.3, 0.4) is 0 Å². The van der Waals surface area contributed by atoms with Crippen LogP contribution in [0.4, 0.5) is 5.69 Å². The monoisotopic (exact) mass is 234 g/mol. The minimum Gasteiger partial charge on any atom is -0.491 e. The van der Waals surface area contributed by atoms with Crippen LogP contribution in [0.2, 0.25) is 0 Å². The van der Waals surface area contributed by atoms with E-state index in [0.29, 0.717) is 5.92 Å². The standard InChI is InChI=1S/C14H22N2O/c1-2-9-17-14-6-4-3-5-13(14)16-8-7-12(10-15)11-16/h3-6,12H,2,7-11,15H2,1H3. The van der Waals surface area contributed by atoms with Crippen LogP contribution in [-0.4, -0.2) is 26.2 Å². The Morgan fingerprint density at radius 3 is 2.94 bits per heavy atom. The van der Waals surface area contributed by atoms with Gasteiger partial charge in [-0.05, 0) is 37.4 Å². The third kappa shape index (κ3) is 2.91. The van der Waals surface area contributed by atoms with Gasteiger partial charge in [-0.15, -0.1) is 0 Å². The van der Waals surface area contributed by atoms with E-state index in [0.717, 1.165) is 38.4 Å². The number of ether oxygens (including phenoxy) is 1. The summed E-state index contributed by atoms with van der Waals surface area (Å²) in [5, 5.41) is 0. The van der Waals surface area contributed by atoms with Gasteiger partial charge >= 0.3 is 0 Å². The lowest BCUT2D eigenvalue weighted by molar-refractivity contribution is 0.318. The number of benzene rings is 1. The Balaban J connectivity index is 2.09. The maximum Gasteiger partial charge on any atom is 0.142 e. The zero-order valence-corrected chi connectivity index (χ0v) is 10.6. The van der Waals surface area contributed by atoms with Crippen molar-refractivity contribution in [1.82, 2.24) is 0 Å². The second-order valence-electron chi connectivity index (χ2n) is 4.65. The molecule has 17 heavy (non-hydrogen) atoms. The van der Waals surface area contributed by atoms with Gasteiger partial charge in [0.2, 0.25) is 0 Å². The summed E-state index contributed by atoms with van der Waals surface area (Å²) < 4.78 is 5.79. The fraction of sp³-hybridized carbons (Fsp3) is 0.571. The molecule has 0 amide bonds. The van der Waals surface area contributed by atoms with E-state index in [1.807, 2.05) is 6.07 Å². The minimum atomic E-state index is 0.634. The molecule has 0 aliphatic carbocycles. The molecule has 0 bridgehead atoms. The van der Waals surface area contributed by atoms with E-state index in [1.54, 1.807) is 0 Å². The molecule has 1 unspecified atom stereocenters. The van der Waals surface area contributed by atoms with Crippen molar-refractivity contribution < 1.29 is 4.74 Å². The molecule has 1 heterocycles. The molecule has 1 aromatic carbocycles. The highest BCUT2D eigenvalue weighted by atomic mass is 16.5. The smallest absolute Gasteiger partial charge is 0.142 e. The van der Waals surface area contributed by atoms with Crippen molar-refractivity contribution >= 4 is 5.69 Å². The fourth-order valence-corrected chi connectivity index (χ4v) is 2.30.